The molecule has 70 valence electrons. The maximum absolute atomic E-state index is 13.1. The normalized spacial score (nSPS) is 44.8. The SMILES string of the molecule is NC[C@@H]1CCCC[C@]12CC2(F)F. The van der Waals surface area contributed by atoms with Crippen molar-refractivity contribution >= 4 is 0 Å². The molecule has 0 amide bonds. The zero-order valence-electron chi connectivity index (χ0n) is 7.15. The second-order valence-electron chi connectivity index (χ2n) is 4.22. The molecular weight excluding hydrogens is 160 g/mol. The first-order valence-corrected chi connectivity index (χ1v) is 4.70. The summed E-state index contributed by atoms with van der Waals surface area (Å²) in [5.41, 5.74) is 4.84. The fourth-order valence-electron chi connectivity index (χ4n) is 2.72. The van der Waals surface area contributed by atoms with Crippen LogP contribution in [-0.2, 0) is 0 Å². The zero-order valence-corrected chi connectivity index (χ0v) is 7.15. The van der Waals surface area contributed by atoms with E-state index in [2.05, 4.69) is 0 Å². The molecular formula is C9H15F2N. The first-order chi connectivity index (χ1) is 5.62. The lowest BCUT2D eigenvalue weighted by Crippen LogP contribution is -2.32. The maximum atomic E-state index is 13.1. The van der Waals surface area contributed by atoms with Gasteiger partial charge < -0.3 is 5.73 Å². The van der Waals surface area contributed by atoms with E-state index < -0.39 is 11.3 Å². The van der Waals surface area contributed by atoms with Crippen LogP contribution in [0, 0.1) is 11.3 Å². The van der Waals surface area contributed by atoms with Crippen molar-refractivity contribution in [3.8, 4) is 0 Å². The average Bonchev–Trinajstić information content (AvgIpc) is 2.55. The molecule has 1 nitrogen and oxygen atoms in total. The van der Waals surface area contributed by atoms with Crippen molar-refractivity contribution in [1.29, 1.82) is 0 Å². The Labute approximate surface area is 71.3 Å². The molecule has 2 fully saturated rings. The lowest BCUT2D eigenvalue weighted by Gasteiger charge is -2.30. The fraction of sp³-hybridized carbons (Fsp3) is 1.00. The van der Waals surface area contributed by atoms with Crippen LogP contribution in [0.4, 0.5) is 8.78 Å². The first kappa shape index (κ1) is 8.42. The van der Waals surface area contributed by atoms with Crippen molar-refractivity contribution in [2.75, 3.05) is 6.54 Å². The predicted molar refractivity (Wildman–Crippen MR) is 43.0 cm³/mol. The first-order valence-electron chi connectivity index (χ1n) is 4.70. The largest absolute Gasteiger partial charge is 0.330 e. The van der Waals surface area contributed by atoms with Crippen LogP contribution in [0.5, 0.6) is 0 Å². The molecule has 2 aliphatic carbocycles. The van der Waals surface area contributed by atoms with Crippen LogP contribution in [0.1, 0.15) is 32.1 Å². The van der Waals surface area contributed by atoms with Crippen molar-refractivity contribution in [3.05, 3.63) is 0 Å². The quantitative estimate of drug-likeness (QED) is 0.649. The Balaban J connectivity index is 2.13. The molecule has 2 atom stereocenters. The summed E-state index contributed by atoms with van der Waals surface area (Å²) in [5.74, 6) is -2.31. The van der Waals surface area contributed by atoms with Crippen LogP contribution in [0.15, 0.2) is 0 Å². The molecule has 0 unspecified atom stereocenters. The van der Waals surface area contributed by atoms with Crippen LogP contribution in [-0.4, -0.2) is 12.5 Å². The lowest BCUT2D eigenvalue weighted by molar-refractivity contribution is 0.0213. The van der Waals surface area contributed by atoms with Crippen LogP contribution >= 0.6 is 0 Å². The van der Waals surface area contributed by atoms with Crippen molar-refractivity contribution in [2.45, 2.75) is 38.0 Å². The average molecular weight is 175 g/mol. The highest BCUT2D eigenvalue weighted by Gasteiger charge is 2.73. The Morgan fingerprint density at radius 2 is 2.00 bits per heavy atom. The molecule has 0 aliphatic heterocycles. The molecule has 2 aliphatic rings. The van der Waals surface area contributed by atoms with Gasteiger partial charge in [0.15, 0.2) is 0 Å². The number of alkyl halides is 2. The zero-order chi connectivity index (χ0) is 8.82. The highest BCUT2D eigenvalue weighted by Crippen LogP contribution is 2.69. The number of hydrogen-bond donors (Lipinski definition) is 1. The predicted octanol–water partition coefficient (Wildman–Crippen LogP) is 2.16. The maximum Gasteiger partial charge on any atom is 0.254 e. The summed E-state index contributed by atoms with van der Waals surface area (Å²) in [4.78, 5) is 0. The summed E-state index contributed by atoms with van der Waals surface area (Å²) >= 11 is 0. The van der Waals surface area contributed by atoms with E-state index in [1.165, 1.54) is 0 Å². The molecule has 0 aromatic heterocycles. The van der Waals surface area contributed by atoms with Crippen LogP contribution in [0.25, 0.3) is 0 Å². The van der Waals surface area contributed by atoms with Gasteiger partial charge in [-0.15, -0.1) is 0 Å². The molecule has 0 bridgehead atoms. The molecule has 1 spiro atoms. The molecule has 3 heteroatoms. The minimum atomic E-state index is -2.39. The van der Waals surface area contributed by atoms with Crippen LogP contribution in [0.2, 0.25) is 0 Å². The van der Waals surface area contributed by atoms with Crippen LogP contribution < -0.4 is 5.73 Å². The summed E-state index contributed by atoms with van der Waals surface area (Å²) in [6, 6.07) is 0. The molecule has 12 heavy (non-hydrogen) atoms. The number of halogens is 2. The van der Waals surface area contributed by atoms with E-state index in [0.29, 0.717) is 13.0 Å². The Hall–Kier alpha value is -0.180. The van der Waals surface area contributed by atoms with Crippen molar-refractivity contribution in [2.24, 2.45) is 17.1 Å². The van der Waals surface area contributed by atoms with E-state index in [4.69, 9.17) is 5.73 Å². The summed E-state index contributed by atoms with van der Waals surface area (Å²) in [6.07, 6.45) is 3.75. The van der Waals surface area contributed by atoms with Gasteiger partial charge in [-0.3, -0.25) is 0 Å². The minimum Gasteiger partial charge on any atom is -0.330 e. The Morgan fingerprint density at radius 1 is 1.33 bits per heavy atom. The van der Waals surface area contributed by atoms with E-state index in [9.17, 15) is 8.78 Å². The Kier molecular flexibility index (Phi) is 1.69. The van der Waals surface area contributed by atoms with Gasteiger partial charge in [0.1, 0.15) is 0 Å². The third-order valence-corrected chi connectivity index (χ3v) is 3.63. The highest BCUT2D eigenvalue weighted by atomic mass is 19.3. The molecule has 0 saturated heterocycles. The van der Waals surface area contributed by atoms with E-state index in [-0.39, 0.29) is 12.3 Å². The van der Waals surface area contributed by atoms with Crippen LogP contribution in [0.3, 0.4) is 0 Å². The third kappa shape index (κ3) is 0.920. The molecule has 0 radical (unpaired) electrons. The Bertz CT molecular complexity index is 193. The van der Waals surface area contributed by atoms with Crippen molar-refractivity contribution < 1.29 is 8.78 Å². The standard InChI is InChI=1S/C9H15F2N/c10-9(11)6-8(9)4-2-1-3-7(8)5-12/h7H,1-6,12H2/t7-,8-/m0/s1. The van der Waals surface area contributed by atoms with Crippen molar-refractivity contribution in [1.82, 2.24) is 0 Å². The van der Waals surface area contributed by atoms with Gasteiger partial charge in [0.05, 0.1) is 0 Å². The molecule has 2 N–H and O–H groups in total. The van der Waals surface area contributed by atoms with Gasteiger partial charge in [-0.2, -0.15) is 0 Å². The summed E-state index contributed by atoms with van der Waals surface area (Å²) in [6.45, 7) is 0.440. The molecule has 0 aromatic carbocycles. The third-order valence-electron chi connectivity index (χ3n) is 3.63. The van der Waals surface area contributed by atoms with Gasteiger partial charge in [0.2, 0.25) is 0 Å². The smallest absolute Gasteiger partial charge is 0.254 e. The summed E-state index contributed by atoms with van der Waals surface area (Å²) < 4.78 is 26.1. The van der Waals surface area contributed by atoms with Crippen molar-refractivity contribution in [3.63, 3.8) is 0 Å². The number of nitrogens with two attached hydrogens (primary N) is 1. The second kappa shape index (κ2) is 2.41. The number of hydrogen-bond acceptors (Lipinski definition) is 1. The molecule has 0 aromatic rings. The van der Waals surface area contributed by atoms with Gasteiger partial charge in [-0.05, 0) is 25.3 Å². The minimum absolute atomic E-state index is 0.0845. The second-order valence-corrected chi connectivity index (χ2v) is 4.22. The fourth-order valence-corrected chi connectivity index (χ4v) is 2.72. The molecule has 0 heterocycles. The summed E-state index contributed by atoms with van der Waals surface area (Å²) in [7, 11) is 0. The van der Waals surface area contributed by atoms with E-state index >= 15 is 0 Å². The van der Waals surface area contributed by atoms with Gasteiger partial charge in [0, 0.05) is 11.8 Å². The van der Waals surface area contributed by atoms with Gasteiger partial charge in [-0.25, -0.2) is 8.78 Å². The van der Waals surface area contributed by atoms with E-state index in [1.807, 2.05) is 0 Å². The topological polar surface area (TPSA) is 26.0 Å². The molecule has 2 saturated carbocycles. The highest BCUT2D eigenvalue weighted by molar-refractivity contribution is 5.14. The lowest BCUT2D eigenvalue weighted by atomic mass is 9.76. The van der Waals surface area contributed by atoms with Gasteiger partial charge in [0.25, 0.3) is 5.92 Å². The van der Waals surface area contributed by atoms with E-state index in [0.717, 1.165) is 19.3 Å². The molecule has 2 rings (SSSR count). The van der Waals surface area contributed by atoms with Gasteiger partial charge in [-0.1, -0.05) is 12.8 Å². The van der Waals surface area contributed by atoms with Gasteiger partial charge >= 0.3 is 0 Å². The monoisotopic (exact) mass is 175 g/mol. The van der Waals surface area contributed by atoms with E-state index in [1.54, 1.807) is 0 Å². The summed E-state index contributed by atoms with van der Waals surface area (Å²) in [5, 5.41) is 0. The Morgan fingerprint density at radius 3 is 2.42 bits per heavy atom. The number of rotatable bonds is 1.